The number of thiophene rings is 1. The number of rotatable bonds is 4. The molecule has 1 aliphatic rings. The van der Waals surface area contributed by atoms with Gasteiger partial charge in [-0.15, -0.1) is 11.3 Å². The molecule has 1 aromatic heterocycles. The van der Waals surface area contributed by atoms with E-state index < -0.39 is 0 Å². The van der Waals surface area contributed by atoms with Crippen molar-refractivity contribution in [2.75, 3.05) is 23.7 Å². The summed E-state index contributed by atoms with van der Waals surface area (Å²) in [6.45, 7) is 2.55. The van der Waals surface area contributed by atoms with E-state index in [1.165, 1.54) is 18.3 Å². The number of anilines is 2. The lowest BCUT2D eigenvalue weighted by molar-refractivity contribution is -0.121. The number of nitrogens with one attached hydrogen (secondary N) is 2. The Morgan fingerprint density at radius 1 is 1.12 bits per heavy atom. The Balaban J connectivity index is 1.57. The average molecular weight is 371 g/mol. The van der Waals surface area contributed by atoms with Gasteiger partial charge in [-0.05, 0) is 61.5 Å². The van der Waals surface area contributed by atoms with E-state index in [0.29, 0.717) is 24.3 Å². The lowest BCUT2D eigenvalue weighted by Crippen LogP contribution is -2.45. The fourth-order valence-electron chi connectivity index (χ4n) is 2.94. The van der Waals surface area contributed by atoms with Gasteiger partial charge in [-0.2, -0.15) is 0 Å². The van der Waals surface area contributed by atoms with Crippen LogP contribution in [0.4, 0.5) is 15.5 Å². The number of Topliss-reactive ketones (excluding diaryl/α,β-unsaturated/α-hetero) is 1. The summed E-state index contributed by atoms with van der Waals surface area (Å²) in [5.74, 6) is -0.359. The van der Waals surface area contributed by atoms with Crippen LogP contribution in [0.5, 0.6) is 0 Å². The van der Waals surface area contributed by atoms with Gasteiger partial charge in [0.25, 0.3) is 0 Å². The van der Waals surface area contributed by atoms with E-state index in [2.05, 4.69) is 10.6 Å². The molecule has 1 saturated heterocycles. The molecular formula is C19H21N3O3S. The number of ketones is 1. The first-order valence-corrected chi connectivity index (χ1v) is 9.42. The van der Waals surface area contributed by atoms with E-state index >= 15 is 0 Å². The fraction of sp³-hybridized carbons (Fsp3) is 0.316. The molecule has 2 aromatic rings. The maximum Gasteiger partial charge on any atom is 0.322 e. The van der Waals surface area contributed by atoms with Crippen molar-refractivity contribution in [2.24, 2.45) is 5.92 Å². The van der Waals surface area contributed by atoms with Gasteiger partial charge in [-0.1, -0.05) is 0 Å². The monoisotopic (exact) mass is 371 g/mol. The SMILES string of the molecule is CC(=O)c1ccc(NC(=O)C2CCCN(C(=O)Nc3cccs3)C2)cc1. The molecule has 6 nitrogen and oxygen atoms in total. The van der Waals surface area contributed by atoms with Crippen LogP contribution in [-0.4, -0.2) is 35.7 Å². The Morgan fingerprint density at radius 3 is 2.54 bits per heavy atom. The van der Waals surface area contributed by atoms with Crippen molar-refractivity contribution >= 4 is 39.7 Å². The molecule has 1 atom stereocenters. The van der Waals surface area contributed by atoms with Crippen LogP contribution in [0.3, 0.4) is 0 Å². The molecule has 1 fully saturated rings. The Hall–Kier alpha value is -2.67. The first-order valence-electron chi connectivity index (χ1n) is 8.54. The van der Waals surface area contributed by atoms with Gasteiger partial charge in [0.05, 0.1) is 10.9 Å². The summed E-state index contributed by atoms with van der Waals surface area (Å²) in [6, 6.07) is 10.4. The number of carbonyl (C=O) groups is 3. The molecule has 2 heterocycles. The highest BCUT2D eigenvalue weighted by Crippen LogP contribution is 2.21. The van der Waals surface area contributed by atoms with E-state index in [0.717, 1.165) is 17.8 Å². The second-order valence-corrected chi connectivity index (χ2v) is 7.26. The maximum absolute atomic E-state index is 12.5. The molecule has 0 spiro atoms. The normalized spacial score (nSPS) is 16.8. The van der Waals surface area contributed by atoms with Crippen LogP contribution in [0.2, 0.25) is 0 Å². The van der Waals surface area contributed by atoms with Crippen molar-refractivity contribution < 1.29 is 14.4 Å². The van der Waals surface area contributed by atoms with Crippen molar-refractivity contribution in [1.82, 2.24) is 4.90 Å². The molecule has 3 rings (SSSR count). The number of nitrogens with zero attached hydrogens (tertiary/aromatic N) is 1. The van der Waals surface area contributed by atoms with Crippen molar-refractivity contribution in [3.8, 4) is 0 Å². The predicted octanol–water partition coefficient (Wildman–Crippen LogP) is 3.83. The van der Waals surface area contributed by atoms with Gasteiger partial charge in [0, 0.05) is 24.3 Å². The van der Waals surface area contributed by atoms with Crippen LogP contribution in [0.25, 0.3) is 0 Å². The van der Waals surface area contributed by atoms with Gasteiger partial charge < -0.3 is 10.2 Å². The number of likely N-dealkylation sites (tertiary alicyclic amines) is 1. The van der Waals surface area contributed by atoms with Crippen LogP contribution in [0, 0.1) is 5.92 Å². The third kappa shape index (κ3) is 4.49. The minimum absolute atomic E-state index is 0.0115. The van der Waals surface area contributed by atoms with Gasteiger partial charge in [0.2, 0.25) is 5.91 Å². The zero-order valence-electron chi connectivity index (χ0n) is 14.5. The number of hydrogen-bond acceptors (Lipinski definition) is 4. The largest absolute Gasteiger partial charge is 0.326 e. The minimum Gasteiger partial charge on any atom is -0.326 e. The molecule has 0 bridgehead atoms. The van der Waals surface area contributed by atoms with Crippen molar-refractivity contribution in [3.05, 3.63) is 47.3 Å². The number of hydrogen-bond donors (Lipinski definition) is 2. The molecule has 7 heteroatoms. The lowest BCUT2D eigenvalue weighted by Gasteiger charge is -2.31. The number of amides is 3. The smallest absolute Gasteiger partial charge is 0.322 e. The average Bonchev–Trinajstić information content (AvgIpc) is 3.15. The first-order chi connectivity index (χ1) is 12.5. The predicted molar refractivity (Wildman–Crippen MR) is 103 cm³/mol. The maximum atomic E-state index is 12.5. The molecule has 1 unspecified atom stereocenters. The molecule has 0 aliphatic carbocycles. The van der Waals surface area contributed by atoms with Gasteiger partial charge in [-0.3, -0.25) is 14.9 Å². The third-order valence-electron chi connectivity index (χ3n) is 4.39. The summed E-state index contributed by atoms with van der Waals surface area (Å²) in [5.41, 5.74) is 1.26. The zero-order valence-corrected chi connectivity index (χ0v) is 15.3. The molecule has 136 valence electrons. The number of carbonyl (C=O) groups excluding carboxylic acids is 3. The molecule has 3 amide bonds. The fourth-order valence-corrected chi connectivity index (χ4v) is 3.55. The van der Waals surface area contributed by atoms with Gasteiger partial charge >= 0.3 is 6.03 Å². The minimum atomic E-state index is -0.245. The Bertz CT molecular complexity index is 787. The van der Waals surface area contributed by atoms with E-state index in [-0.39, 0.29) is 23.6 Å². The van der Waals surface area contributed by atoms with Crippen molar-refractivity contribution in [1.29, 1.82) is 0 Å². The second-order valence-electron chi connectivity index (χ2n) is 6.32. The van der Waals surface area contributed by atoms with Gasteiger partial charge in [0.15, 0.2) is 5.78 Å². The summed E-state index contributed by atoms with van der Waals surface area (Å²) >= 11 is 1.47. The standard InChI is InChI=1S/C19H21N3O3S/c1-13(23)14-6-8-16(9-7-14)20-18(24)15-4-2-10-22(12-15)19(25)21-17-5-3-11-26-17/h3,5-9,11,15H,2,4,10,12H2,1H3,(H,20,24)(H,21,25). The summed E-state index contributed by atoms with van der Waals surface area (Å²) in [6.07, 6.45) is 1.54. The van der Waals surface area contributed by atoms with E-state index in [9.17, 15) is 14.4 Å². The Kier molecular flexibility index (Phi) is 5.68. The van der Waals surface area contributed by atoms with Crippen LogP contribution in [0.1, 0.15) is 30.1 Å². The van der Waals surface area contributed by atoms with Crippen LogP contribution in [0.15, 0.2) is 41.8 Å². The van der Waals surface area contributed by atoms with E-state index in [1.54, 1.807) is 29.2 Å². The molecule has 1 aromatic carbocycles. The van der Waals surface area contributed by atoms with Crippen molar-refractivity contribution in [2.45, 2.75) is 19.8 Å². The summed E-state index contributed by atoms with van der Waals surface area (Å²) in [4.78, 5) is 37.9. The van der Waals surface area contributed by atoms with Crippen molar-refractivity contribution in [3.63, 3.8) is 0 Å². The number of benzene rings is 1. The molecule has 0 saturated carbocycles. The topological polar surface area (TPSA) is 78.5 Å². The summed E-state index contributed by atoms with van der Waals surface area (Å²) < 4.78 is 0. The molecular weight excluding hydrogens is 350 g/mol. The zero-order chi connectivity index (χ0) is 18.5. The van der Waals surface area contributed by atoms with E-state index in [4.69, 9.17) is 0 Å². The van der Waals surface area contributed by atoms with Gasteiger partial charge in [0.1, 0.15) is 0 Å². The highest BCUT2D eigenvalue weighted by Gasteiger charge is 2.28. The lowest BCUT2D eigenvalue weighted by atomic mass is 9.97. The summed E-state index contributed by atoms with van der Waals surface area (Å²) in [5, 5.41) is 8.44. The molecule has 1 aliphatic heterocycles. The van der Waals surface area contributed by atoms with Crippen LogP contribution >= 0.6 is 11.3 Å². The highest BCUT2D eigenvalue weighted by atomic mass is 32.1. The molecule has 2 N–H and O–H groups in total. The summed E-state index contributed by atoms with van der Waals surface area (Å²) in [7, 11) is 0. The molecule has 26 heavy (non-hydrogen) atoms. The Morgan fingerprint density at radius 2 is 1.88 bits per heavy atom. The van der Waals surface area contributed by atoms with Crippen LogP contribution < -0.4 is 10.6 Å². The van der Waals surface area contributed by atoms with Gasteiger partial charge in [-0.25, -0.2) is 4.79 Å². The third-order valence-corrected chi connectivity index (χ3v) is 5.17. The second kappa shape index (κ2) is 8.14. The Labute approximate surface area is 156 Å². The molecule has 0 radical (unpaired) electrons. The number of piperidine rings is 1. The first kappa shape index (κ1) is 18.1. The van der Waals surface area contributed by atoms with E-state index in [1.807, 2.05) is 17.5 Å². The number of urea groups is 1. The quantitative estimate of drug-likeness (QED) is 0.802. The highest BCUT2D eigenvalue weighted by molar-refractivity contribution is 7.14. The van der Waals surface area contributed by atoms with Crippen LogP contribution in [-0.2, 0) is 4.79 Å².